The Hall–Kier alpha value is -1.85. The maximum atomic E-state index is 12.2. The fraction of sp³-hybridized carbons (Fsp3) is 0.263. The standard InChI is InChI=1S/C19H18BrClN2O2/c20-14-5-1-12(2-6-14)16-11-17(16)19(25)23-10-9-22-18(24)13-3-7-15(21)8-4-13/h1-8,16-17H,9-11H2,(H,22,24)(H,23,25). The largest absolute Gasteiger partial charge is 0.354 e. The van der Waals surface area contributed by atoms with Crippen LogP contribution in [-0.4, -0.2) is 24.9 Å². The first-order valence-electron chi connectivity index (χ1n) is 8.11. The Labute approximate surface area is 160 Å². The third-order valence-electron chi connectivity index (χ3n) is 4.24. The van der Waals surface area contributed by atoms with Crippen molar-refractivity contribution in [3.63, 3.8) is 0 Å². The molecule has 1 aliphatic carbocycles. The first-order chi connectivity index (χ1) is 12.0. The predicted octanol–water partition coefficient (Wildman–Crippen LogP) is 3.75. The highest BCUT2D eigenvalue weighted by Crippen LogP contribution is 2.47. The molecule has 2 amide bonds. The zero-order valence-corrected chi connectivity index (χ0v) is 15.8. The molecule has 0 aliphatic heterocycles. The van der Waals surface area contributed by atoms with E-state index in [1.807, 2.05) is 24.3 Å². The minimum Gasteiger partial charge on any atom is -0.354 e. The van der Waals surface area contributed by atoms with Crippen molar-refractivity contribution in [2.45, 2.75) is 12.3 Å². The maximum Gasteiger partial charge on any atom is 0.251 e. The molecular formula is C19H18BrClN2O2. The van der Waals surface area contributed by atoms with E-state index in [2.05, 4.69) is 26.6 Å². The summed E-state index contributed by atoms with van der Waals surface area (Å²) in [7, 11) is 0. The van der Waals surface area contributed by atoms with Gasteiger partial charge in [0.2, 0.25) is 5.91 Å². The number of rotatable bonds is 6. The lowest BCUT2D eigenvalue weighted by atomic mass is 10.1. The van der Waals surface area contributed by atoms with Gasteiger partial charge in [-0.3, -0.25) is 9.59 Å². The van der Waals surface area contributed by atoms with E-state index in [0.29, 0.717) is 29.6 Å². The van der Waals surface area contributed by atoms with E-state index in [1.165, 1.54) is 5.56 Å². The Bertz CT molecular complexity index is 762. The normalized spacial score (nSPS) is 18.5. The predicted molar refractivity (Wildman–Crippen MR) is 102 cm³/mol. The molecule has 3 rings (SSSR count). The number of hydrogen-bond donors (Lipinski definition) is 2. The van der Waals surface area contributed by atoms with Gasteiger partial charge in [-0.25, -0.2) is 0 Å². The monoisotopic (exact) mass is 420 g/mol. The second-order valence-electron chi connectivity index (χ2n) is 6.05. The molecule has 2 N–H and O–H groups in total. The van der Waals surface area contributed by atoms with Gasteiger partial charge < -0.3 is 10.6 Å². The van der Waals surface area contributed by atoms with Crippen LogP contribution < -0.4 is 10.6 Å². The Kier molecular flexibility index (Phi) is 5.76. The van der Waals surface area contributed by atoms with E-state index >= 15 is 0 Å². The molecule has 2 aromatic rings. The molecule has 1 saturated carbocycles. The molecule has 6 heteroatoms. The van der Waals surface area contributed by atoms with Gasteiger partial charge in [-0.05, 0) is 54.3 Å². The second-order valence-corrected chi connectivity index (χ2v) is 7.41. The zero-order valence-electron chi connectivity index (χ0n) is 13.5. The molecule has 2 aromatic carbocycles. The molecular weight excluding hydrogens is 404 g/mol. The van der Waals surface area contributed by atoms with Crippen molar-refractivity contribution in [3.05, 3.63) is 69.2 Å². The van der Waals surface area contributed by atoms with Crippen LogP contribution in [0.4, 0.5) is 0 Å². The van der Waals surface area contributed by atoms with Crippen LogP contribution in [0.25, 0.3) is 0 Å². The van der Waals surface area contributed by atoms with Crippen LogP contribution in [0.15, 0.2) is 53.0 Å². The summed E-state index contributed by atoms with van der Waals surface area (Å²) < 4.78 is 1.04. The number of carbonyl (C=O) groups excluding carboxylic acids is 2. The summed E-state index contributed by atoms with van der Waals surface area (Å²) >= 11 is 9.21. The van der Waals surface area contributed by atoms with E-state index in [4.69, 9.17) is 11.6 Å². The third kappa shape index (κ3) is 4.83. The van der Waals surface area contributed by atoms with Crippen molar-refractivity contribution in [3.8, 4) is 0 Å². The highest BCUT2D eigenvalue weighted by molar-refractivity contribution is 9.10. The quantitative estimate of drug-likeness (QED) is 0.698. The molecule has 0 bridgehead atoms. The summed E-state index contributed by atoms with van der Waals surface area (Å²) in [4.78, 5) is 24.1. The van der Waals surface area contributed by atoms with Crippen LogP contribution in [0.5, 0.6) is 0 Å². The molecule has 1 fully saturated rings. The molecule has 0 heterocycles. The van der Waals surface area contributed by atoms with Crippen LogP contribution in [-0.2, 0) is 4.79 Å². The molecule has 0 saturated heterocycles. The minimum atomic E-state index is -0.176. The first kappa shape index (κ1) is 18.0. The summed E-state index contributed by atoms with van der Waals surface area (Å²) in [5.74, 6) is 0.212. The summed E-state index contributed by atoms with van der Waals surface area (Å²) in [5.41, 5.74) is 1.74. The number of halogens is 2. The summed E-state index contributed by atoms with van der Waals surface area (Å²) in [6, 6.07) is 14.8. The van der Waals surface area contributed by atoms with Crippen LogP contribution >= 0.6 is 27.5 Å². The topological polar surface area (TPSA) is 58.2 Å². The summed E-state index contributed by atoms with van der Waals surface area (Å²) in [6.45, 7) is 0.810. The van der Waals surface area contributed by atoms with Gasteiger partial charge in [0.1, 0.15) is 0 Å². The van der Waals surface area contributed by atoms with E-state index < -0.39 is 0 Å². The molecule has 1 aliphatic rings. The van der Waals surface area contributed by atoms with E-state index in [9.17, 15) is 9.59 Å². The third-order valence-corrected chi connectivity index (χ3v) is 5.02. The molecule has 0 radical (unpaired) electrons. The molecule has 0 spiro atoms. The van der Waals surface area contributed by atoms with Crippen molar-refractivity contribution in [1.82, 2.24) is 10.6 Å². The molecule has 130 valence electrons. The van der Waals surface area contributed by atoms with Crippen molar-refractivity contribution in [2.75, 3.05) is 13.1 Å². The fourth-order valence-corrected chi connectivity index (χ4v) is 3.15. The van der Waals surface area contributed by atoms with Gasteiger partial charge in [0.25, 0.3) is 5.91 Å². The van der Waals surface area contributed by atoms with Gasteiger partial charge in [0.05, 0.1) is 0 Å². The van der Waals surface area contributed by atoms with Gasteiger partial charge in [0.15, 0.2) is 0 Å². The molecule has 2 atom stereocenters. The van der Waals surface area contributed by atoms with E-state index in [-0.39, 0.29) is 17.7 Å². The highest BCUT2D eigenvalue weighted by Gasteiger charge is 2.43. The highest BCUT2D eigenvalue weighted by atomic mass is 79.9. The molecule has 2 unspecified atom stereocenters. The maximum absolute atomic E-state index is 12.2. The SMILES string of the molecule is O=C(NCCNC(=O)C1CC1c1ccc(Br)cc1)c1ccc(Cl)cc1. The van der Waals surface area contributed by atoms with E-state index in [0.717, 1.165) is 10.9 Å². The van der Waals surface area contributed by atoms with Gasteiger partial charge in [-0.15, -0.1) is 0 Å². The first-order valence-corrected chi connectivity index (χ1v) is 9.28. The molecule has 25 heavy (non-hydrogen) atoms. The second kappa shape index (κ2) is 8.02. The Morgan fingerprint density at radius 3 is 2.32 bits per heavy atom. The van der Waals surface area contributed by atoms with Crippen molar-refractivity contribution >= 4 is 39.3 Å². The number of carbonyl (C=O) groups is 2. The lowest BCUT2D eigenvalue weighted by Gasteiger charge is -2.07. The number of nitrogens with one attached hydrogen (secondary N) is 2. The van der Waals surface area contributed by atoms with Crippen LogP contribution in [0.1, 0.15) is 28.3 Å². The van der Waals surface area contributed by atoms with Crippen LogP contribution in [0.3, 0.4) is 0 Å². The lowest BCUT2D eigenvalue weighted by Crippen LogP contribution is -2.35. The number of hydrogen-bond acceptors (Lipinski definition) is 2. The van der Waals surface area contributed by atoms with E-state index in [1.54, 1.807) is 24.3 Å². The van der Waals surface area contributed by atoms with Gasteiger partial charge >= 0.3 is 0 Å². The molecule has 4 nitrogen and oxygen atoms in total. The number of amides is 2. The Morgan fingerprint density at radius 1 is 1.00 bits per heavy atom. The van der Waals surface area contributed by atoms with Gasteiger partial charge in [-0.1, -0.05) is 39.7 Å². The minimum absolute atomic E-state index is 0.0353. The number of benzene rings is 2. The average molecular weight is 422 g/mol. The summed E-state index contributed by atoms with van der Waals surface area (Å²) in [6.07, 6.45) is 0.880. The van der Waals surface area contributed by atoms with Crippen molar-refractivity contribution in [1.29, 1.82) is 0 Å². The average Bonchev–Trinajstić information content (AvgIpc) is 3.40. The van der Waals surface area contributed by atoms with Gasteiger partial charge in [0, 0.05) is 34.1 Å². The van der Waals surface area contributed by atoms with Gasteiger partial charge in [-0.2, -0.15) is 0 Å². The summed E-state index contributed by atoms with van der Waals surface area (Å²) in [5, 5.41) is 6.26. The molecule has 0 aromatic heterocycles. The van der Waals surface area contributed by atoms with Crippen LogP contribution in [0, 0.1) is 5.92 Å². The van der Waals surface area contributed by atoms with Crippen LogP contribution in [0.2, 0.25) is 5.02 Å². The Balaban J connectivity index is 1.38. The zero-order chi connectivity index (χ0) is 17.8. The smallest absolute Gasteiger partial charge is 0.251 e. The fourth-order valence-electron chi connectivity index (χ4n) is 2.76. The lowest BCUT2D eigenvalue weighted by molar-refractivity contribution is -0.122. The Morgan fingerprint density at radius 2 is 1.64 bits per heavy atom. The van der Waals surface area contributed by atoms with Crippen molar-refractivity contribution in [2.24, 2.45) is 5.92 Å². The van der Waals surface area contributed by atoms with Crippen molar-refractivity contribution < 1.29 is 9.59 Å².